The maximum Gasteiger partial charge on any atom is 0.309 e. The molecule has 0 spiro atoms. The number of esters is 2. The fraction of sp³-hybridized carbons (Fsp3) is 0.500. The summed E-state index contributed by atoms with van der Waals surface area (Å²) in [6, 6.07) is 0. The van der Waals surface area contributed by atoms with Gasteiger partial charge in [-0.25, -0.2) is 0 Å². The zero-order valence-corrected chi connectivity index (χ0v) is 9.77. The third-order valence-corrected chi connectivity index (χ3v) is 1.75. The van der Waals surface area contributed by atoms with Crippen LogP contribution < -0.4 is 0 Å². The summed E-state index contributed by atoms with van der Waals surface area (Å²) in [6.07, 6.45) is 5.34. The lowest BCUT2D eigenvalue weighted by molar-refractivity contribution is -0.142. The van der Waals surface area contributed by atoms with Crippen LogP contribution in [0.3, 0.4) is 0 Å². The van der Waals surface area contributed by atoms with Gasteiger partial charge in [0.15, 0.2) is 0 Å². The van der Waals surface area contributed by atoms with Gasteiger partial charge in [0.1, 0.15) is 6.61 Å². The summed E-state index contributed by atoms with van der Waals surface area (Å²) in [4.78, 5) is 21.6. The number of carbonyl (C=O) groups is 2. The molecule has 4 heteroatoms. The molecule has 4 nitrogen and oxygen atoms in total. The van der Waals surface area contributed by atoms with Gasteiger partial charge in [-0.15, -0.1) is 6.58 Å². The van der Waals surface area contributed by atoms with E-state index in [1.807, 2.05) is 0 Å². The first-order chi connectivity index (χ1) is 7.60. The molecule has 0 saturated heterocycles. The van der Waals surface area contributed by atoms with Crippen LogP contribution in [0, 0.1) is 5.92 Å². The molecule has 0 aromatic heterocycles. The van der Waals surface area contributed by atoms with E-state index < -0.39 is 0 Å². The Labute approximate surface area is 95.9 Å². The molecule has 16 heavy (non-hydrogen) atoms. The highest BCUT2D eigenvalue weighted by atomic mass is 16.5. The minimum atomic E-state index is -0.328. The highest BCUT2D eigenvalue weighted by molar-refractivity contribution is 5.71. The first-order valence-corrected chi connectivity index (χ1v) is 5.18. The van der Waals surface area contributed by atoms with Gasteiger partial charge in [-0.05, 0) is 6.92 Å². The van der Waals surface area contributed by atoms with Crippen LogP contribution in [0.25, 0.3) is 0 Å². The lowest BCUT2D eigenvalue weighted by Crippen LogP contribution is -2.08. The summed E-state index contributed by atoms with van der Waals surface area (Å²) in [5, 5.41) is 0. The molecule has 0 aromatic carbocycles. The second-order valence-electron chi connectivity index (χ2n) is 3.14. The lowest BCUT2D eigenvalue weighted by atomic mass is 10.1. The topological polar surface area (TPSA) is 52.6 Å². The minimum Gasteiger partial charge on any atom is -0.466 e. The molecule has 0 unspecified atom stereocenters. The van der Waals surface area contributed by atoms with Gasteiger partial charge in [-0.3, -0.25) is 9.59 Å². The van der Waals surface area contributed by atoms with Gasteiger partial charge in [0, 0.05) is 12.8 Å². The summed E-state index contributed by atoms with van der Waals surface area (Å²) in [6.45, 7) is 7.35. The molecule has 0 N–H and O–H groups in total. The van der Waals surface area contributed by atoms with Crippen LogP contribution in [0.15, 0.2) is 24.8 Å². The molecule has 0 amide bonds. The van der Waals surface area contributed by atoms with Crippen LogP contribution in [0.2, 0.25) is 0 Å². The first kappa shape index (κ1) is 14.4. The average molecular weight is 226 g/mol. The SMILES string of the molecule is C=C[C@H](/C=C/CC(=O)OCC)COC(C)=O. The van der Waals surface area contributed by atoms with Crippen LogP contribution in [-0.2, 0) is 19.1 Å². The van der Waals surface area contributed by atoms with E-state index in [1.165, 1.54) is 6.92 Å². The Morgan fingerprint density at radius 3 is 2.56 bits per heavy atom. The van der Waals surface area contributed by atoms with E-state index in [0.717, 1.165) is 0 Å². The molecule has 0 heterocycles. The molecule has 0 radical (unpaired) electrons. The normalized spacial score (nSPS) is 12.1. The Morgan fingerprint density at radius 1 is 1.38 bits per heavy atom. The molecule has 0 saturated carbocycles. The third-order valence-electron chi connectivity index (χ3n) is 1.75. The monoisotopic (exact) mass is 226 g/mol. The van der Waals surface area contributed by atoms with Crippen molar-refractivity contribution in [1.29, 1.82) is 0 Å². The predicted molar refractivity (Wildman–Crippen MR) is 60.7 cm³/mol. The van der Waals surface area contributed by atoms with Crippen molar-refractivity contribution in [3.05, 3.63) is 24.8 Å². The maximum absolute atomic E-state index is 11.0. The Balaban J connectivity index is 3.92. The van der Waals surface area contributed by atoms with Crippen molar-refractivity contribution in [3.8, 4) is 0 Å². The van der Waals surface area contributed by atoms with Crippen molar-refractivity contribution in [2.24, 2.45) is 5.92 Å². The molecule has 0 aliphatic rings. The summed E-state index contributed by atoms with van der Waals surface area (Å²) in [7, 11) is 0. The minimum absolute atomic E-state index is 0.0710. The summed E-state index contributed by atoms with van der Waals surface area (Å²) in [5.41, 5.74) is 0. The van der Waals surface area contributed by atoms with Crippen molar-refractivity contribution >= 4 is 11.9 Å². The molecule has 0 aromatic rings. The van der Waals surface area contributed by atoms with Crippen LogP contribution >= 0.6 is 0 Å². The molecule has 1 atom stereocenters. The smallest absolute Gasteiger partial charge is 0.309 e. The summed E-state index contributed by atoms with van der Waals surface area (Å²) in [5.74, 6) is -0.669. The molecule has 0 rings (SSSR count). The highest BCUT2D eigenvalue weighted by Gasteiger charge is 2.03. The fourth-order valence-electron chi connectivity index (χ4n) is 0.975. The second-order valence-corrected chi connectivity index (χ2v) is 3.14. The van der Waals surface area contributed by atoms with Gasteiger partial charge in [0.25, 0.3) is 0 Å². The number of hydrogen-bond donors (Lipinski definition) is 0. The van der Waals surface area contributed by atoms with Crippen LogP contribution in [-0.4, -0.2) is 25.2 Å². The molecule has 0 aliphatic heterocycles. The zero-order valence-electron chi connectivity index (χ0n) is 9.77. The van der Waals surface area contributed by atoms with Gasteiger partial charge in [-0.2, -0.15) is 0 Å². The van der Waals surface area contributed by atoms with Gasteiger partial charge >= 0.3 is 11.9 Å². The Hall–Kier alpha value is -1.58. The number of hydrogen-bond acceptors (Lipinski definition) is 4. The van der Waals surface area contributed by atoms with Crippen molar-refractivity contribution in [1.82, 2.24) is 0 Å². The van der Waals surface area contributed by atoms with Gasteiger partial charge < -0.3 is 9.47 Å². The van der Waals surface area contributed by atoms with E-state index in [4.69, 9.17) is 9.47 Å². The third kappa shape index (κ3) is 7.79. The second kappa shape index (κ2) is 8.71. The first-order valence-electron chi connectivity index (χ1n) is 5.18. The lowest BCUT2D eigenvalue weighted by Gasteiger charge is -2.06. The fourth-order valence-corrected chi connectivity index (χ4v) is 0.975. The van der Waals surface area contributed by atoms with Gasteiger partial charge in [-0.1, -0.05) is 18.2 Å². The molecule has 0 bridgehead atoms. The quantitative estimate of drug-likeness (QED) is 0.491. The zero-order chi connectivity index (χ0) is 12.4. The highest BCUT2D eigenvalue weighted by Crippen LogP contribution is 2.03. The largest absolute Gasteiger partial charge is 0.466 e. The van der Waals surface area contributed by atoms with E-state index in [1.54, 1.807) is 25.2 Å². The molecule has 90 valence electrons. The maximum atomic E-state index is 11.0. The Bertz CT molecular complexity index is 268. The van der Waals surface area contributed by atoms with Gasteiger partial charge in [0.2, 0.25) is 0 Å². The van der Waals surface area contributed by atoms with E-state index in [9.17, 15) is 9.59 Å². The van der Waals surface area contributed by atoms with Crippen LogP contribution in [0.1, 0.15) is 20.3 Å². The van der Waals surface area contributed by atoms with Crippen LogP contribution in [0.4, 0.5) is 0 Å². The molecule has 0 aliphatic carbocycles. The van der Waals surface area contributed by atoms with Gasteiger partial charge in [0.05, 0.1) is 13.0 Å². The van der Waals surface area contributed by atoms with Crippen molar-refractivity contribution in [2.75, 3.05) is 13.2 Å². The van der Waals surface area contributed by atoms with E-state index in [2.05, 4.69) is 6.58 Å². The summed E-state index contributed by atoms with van der Waals surface area (Å²) >= 11 is 0. The van der Waals surface area contributed by atoms with Crippen LogP contribution in [0.5, 0.6) is 0 Å². The standard InChI is InChI=1S/C12H18O4/c1-4-11(9-16-10(3)13)7-6-8-12(14)15-5-2/h4,6-7,11H,1,5,8-9H2,2-3H3/b7-6+/t11-/m1/s1. The molecule has 0 fully saturated rings. The predicted octanol–water partition coefficient (Wildman–Crippen LogP) is 1.86. The van der Waals surface area contributed by atoms with E-state index >= 15 is 0 Å². The molecular formula is C12H18O4. The average Bonchev–Trinajstić information content (AvgIpc) is 2.23. The molecular weight excluding hydrogens is 208 g/mol. The van der Waals surface area contributed by atoms with Crippen molar-refractivity contribution in [2.45, 2.75) is 20.3 Å². The Morgan fingerprint density at radius 2 is 2.06 bits per heavy atom. The summed E-state index contributed by atoms with van der Waals surface area (Å²) < 4.78 is 9.58. The van der Waals surface area contributed by atoms with E-state index in [-0.39, 0.29) is 30.9 Å². The number of ether oxygens (including phenoxy) is 2. The number of carbonyl (C=O) groups excluding carboxylic acids is 2. The van der Waals surface area contributed by atoms with E-state index in [0.29, 0.717) is 6.61 Å². The number of rotatable bonds is 7. The van der Waals surface area contributed by atoms with Crippen molar-refractivity contribution < 1.29 is 19.1 Å². The van der Waals surface area contributed by atoms with Crippen molar-refractivity contribution in [3.63, 3.8) is 0 Å². The Kier molecular flexibility index (Phi) is 7.85.